The van der Waals surface area contributed by atoms with E-state index in [2.05, 4.69) is 4.52 Å². The van der Waals surface area contributed by atoms with Crippen LogP contribution in [0.25, 0.3) is 0 Å². The number of hydrogen-bond acceptors (Lipinski definition) is 2. The zero-order chi connectivity index (χ0) is 6.62. The van der Waals surface area contributed by atoms with Crippen molar-refractivity contribution in [2.45, 2.75) is 13.3 Å². The number of rotatable bonds is 3. The Labute approximate surface area is 96.6 Å². The fraction of sp³-hybridized carbons (Fsp3) is 1.00. The summed E-state index contributed by atoms with van der Waals surface area (Å²) in [6.45, 7) is 1.89. The van der Waals surface area contributed by atoms with E-state index in [1.807, 2.05) is 0 Å². The molecule has 0 rings (SSSR count). The number of phosphoric ester groups is 1. The van der Waals surface area contributed by atoms with Gasteiger partial charge >= 0.3 is 59.2 Å². The van der Waals surface area contributed by atoms with Crippen LogP contribution in [0.5, 0.6) is 0 Å². The van der Waals surface area contributed by atoms with Crippen LogP contribution < -0.4 is 0 Å². The first kappa shape index (κ1) is 13.3. The summed E-state index contributed by atoms with van der Waals surface area (Å²) < 4.78 is 13.9. The van der Waals surface area contributed by atoms with Gasteiger partial charge in [0, 0.05) is 0 Å². The molecule has 0 saturated carbocycles. The van der Waals surface area contributed by atoms with E-state index >= 15 is 0 Å². The molecule has 52 valence electrons. The second-order valence-corrected chi connectivity index (χ2v) is 2.56. The first-order valence-electron chi connectivity index (χ1n) is 2.26. The van der Waals surface area contributed by atoms with Crippen molar-refractivity contribution < 1.29 is 18.9 Å². The first-order chi connectivity index (χ1) is 3.56. The van der Waals surface area contributed by atoms with Crippen molar-refractivity contribution >= 4 is 59.2 Å². The van der Waals surface area contributed by atoms with Gasteiger partial charge in [-0.1, -0.05) is 6.92 Å². The molecule has 0 amide bonds. The van der Waals surface area contributed by atoms with E-state index in [4.69, 9.17) is 9.79 Å². The molecule has 0 aromatic heterocycles. The summed E-state index contributed by atoms with van der Waals surface area (Å²) in [6.07, 6.45) is 0.616. The molecule has 2 N–H and O–H groups in total. The van der Waals surface area contributed by atoms with Crippen LogP contribution in [0.1, 0.15) is 13.3 Å². The summed E-state index contributed by atoms with van der Waals surface area (Å²) >= 11 is 0. The molecule has 0 aliphatic heterocycles. The van der Waals surface area contributed by atoms with Crippen LogP contribution in [0.4, 0.5) is 0 Å². The average molecular weight is 180 g/mol. The van der Waals surface area contributed by atoms with Crippen molar-refractivity contribution in [2.75, 3.05) is 6.61 Å². The maximum atomic E-state index is 9.86. The van der Waals surface area contributed by atoms with Gasteiger partial charge in [-0.05, 0) is 6.42 Å². The van der Waals surface area contributed by atoms with Gasteiger partial charge in [0.15, 0.2) is 0 Å². The van der Waals surface area contributed by atoms with E-state index in [1.165, 1.54) is 0 Å². The molecular weight excluding hydrogens is 170 g/mol. The molecular formula is C3H10KO4P. The van der Waals surface area contributed by atoms with Gasteiger partial charge in [0.2, 0.25) is 0 Å². The van der Waals surface area contributed by atoms with E-state index in [9.17, 15) is 4.57 Å². The van der Waals surface area contributed by atoms with Gasteiger partial charge in [0.25, 0.3) is 0 Å². The third-order valence-electron chi connectivity index (χ3n) is 0.464. The van der Waals surface area contributed by atoms with E-state index in [-0.39, 0.29) is 58.0 Å². The predicted octanol–water partition coefficient (Wildman–Crippen LogP) is -0.143. The topological polar surface area (TPSA) is 66.8 Å². The molecule has 4 nitrogen and oxygen atoms in total. The van der Waals surface area contributed by atoms with Crippen molar-refractivity contribution in [1.82, 2.24) is 0 Å². The Morgan fingerprint density at radius 2 is 2.00 bits per heavy atom. The molecule has 0 saturated heterocycles. The predicted molar refractivity (Wildman–Crippen MR) is 35.4 cm³/mol. The van der Waals surface area contributed by atoms with Crippen LogP contribution in [0, 0.1) is 0 Å². The molecule has 6 heteroatoms. The Morgan fingerprint density at radius 3 is 2.11 bits per heavy atom. The van der Waals surface area contributed by atoms with Crippen LogP contribution in [-0.2, 0) is 9.09 Å². The molecule has 0 aliphatic rings. The molecule has 0 atom stereocenters. The minimum absolute atomic E-state index is 0. The second kappa shape index (κ2) is 6.46. The normalized spacial score (nSPS) is 10.6. The van der Waals surface area contributed by atoms with Crippen molar-refractivity contribution in [2.24, 2.45) is 0 Å². The van der Waals surface area contributed by atoms with Crippen molar-refractivity contribution in [3.8, 4) is 0 Å². The SMILES string of the molecule is CCCOP(=O)(O)O.[KH]. The van der Waals surface area contributed by atoms with Crippen molar-refractivity contribution in [3.05, 3.63) is 0 Å². The summed E-state index contributed by atoms with van der Waals surface area (Å²) in [5, 5.41) is 0. The Kier molecular flexibility index (Phi) is 9.57. The molecule has 0 fully saturated rings. The summed E-state index contributed by atoms with van der Waals surface area (Å²) in [7, 11) is -4.18. The molecule has 0 aromatic rings. The Balaban J connectivity index is 0. The summed E-state index contributed by atoms with van der Waals surface area (Å²) in [5.41, 5.74) is 0. The van der Waals surface area contributed by atoms with Crippen LogP contribution in [0.2, 0.25) is 0 Å². The summed E-state index contributed by atoms with van der Waals surface area (Å²) in [5.74, 6) is 0. The molecule has 0 radical (unpaired) electrons. The van der Waals surface area contributed by atoms with Crippen molar-refractivity contribution in [3.63, 3.8) is 0 Å². The summed E-state index contributed by atoms with van der Waals surface area (Å²) in [4.78, 5) is 16.1. The van der Waals surface area contributed by atoms with Crippen molar-refractivity contribution in [1.29, 1.82) is 0 Å². The third kappa shape index (κ3) is 12.8. The zero-order valence-corrected chi connectivity index (χ0v) is 5.47. The zero-order valence-electron chi connectivity index (χ0n) is 4.57. The Morgan fingerprint density at radius 1 is 1.56 bits per heavy atom. The van der Waals surface area contributed by atoms with Crippen LogP contribution in [0.15, 0.2) is 0 Å². The van der Waals surface area contributed by atoms with Gasteiger partial charge in [0.05, 0.1) is 6.61 Å². The maximum absolute atomic E-state index is 9.86. The van der Waals surface area contributed by atoms with Crippen LogP contribution in [0.3, 0.4) is 0 Å². The fourth-order valence-electron chi connectivity index (χ4n) is 0.210. The van der Waals surface area contributed by atoms with E-state index in [1.54, 1.807) is 6.92 Å². The fourth-order valence-corrected chi connectivity index (χ4v) is 0.631. The Hall–Kier alpha value is 1.75. The van der Waals surface area contributed by atoms with Gasteiger partial charge in [-0.3, -0.25) is 4.52 Å². The monoisotopic (exact) mass is 180 g/mol. The van der Waals surface area contributed by atoms with E-state index in [0.29, 0.717) is 6.42 Å². The molecule has 0 aromatic carbocycles. The van der Waals surface area contributed by atoms with Gasteiger partial charge in [-0.15, -0.1) is 0 Å². The first-order valence-corrected chi connectivity index (χ1v) is 3.79. The van der Waals surface area contributed by atoms with E-state index in [0.717, 1.165) is 0 Å². The standard InChI is InChI=1S/C3H9O4P.K.H/c1-2-3-7-8(4,5)6;;/h2-3H2,1H3,(H2,4,5,6);;. The van der Waals surface area contributed by atoms with Crippen LogP contribution in [-0.4, -0.2) is 67.8 Å². The van der Waals surface area contributed by atoms with Gasteiger partial charge in [0.1, 0.15) is 0 Å². The third-order valence-corrected chi connectivity index (χ3v) is 0.983. The number of phosphoric acid groups is 1. The van der Waals surface area contributed by atoms with E-state index < -0.39 is 7.82 Å². The minimum atomic E-state index is -4.18. The number of hydrogen-bond donors (Lipinski definition) is 2. The summed E-state index contributed by atoms with van der Waals surface area (Å²) in [6, 6.07) is 0. The molecule has 0 heterocycles. The molecule has 0 unspecified atom stereocenters. The average Bonchev–Trinajstić information content (AvgIpc) is 1.59. The quantitative estimate of drug-likeness (QED) is 0.468. The second-order valence-electron chi connectivity index (χ2n) is 1.32. The Bertz CT molecular complexity index is 100.0. The molecule has 9 heavy (non-hydrogen) atoms. The molecule has 0 spiro atoms. The van der Waals surface area contributed by atoms with Crippen LogP contribution >= 0.6 is 7.82 Å². The molecule has 0 aliphatic carbocycles. The van der Waals surface area contributed by atoms with Gasteiger partial charge < -0.3 is 9.79 Å². The molecule has 0 bridgehead atoms. The van der Waals surface area contributed by atoms with Gasteiger partial charge in [-0.25, -0.2) is 4.57 Å². The van der Waals surface area contributed by atoms with Gasteiger partial charge in [-0.2, -0.15) is 0 Å².